The molecule has 0 aliphatic carbocycles. The van der Waals surface area contributed by atoms with Crippen LogP contribution in [-0.2, 0) is 11.8 Å². The molecule has 1 N–H and O–H groups in total. The van der Waals surface area contributed by atoms with E-state index in [1.54, 1.807) is 18.4 Å². The van der Waals surface area contributed by atoms with Crippen molar-refractivity contribution >= 4 is 29.0 Å². The molecule has 0 spiro atoms. The molecule has 32 heavy (non-hydrogen) atoms. The number of likely N-dealkylation sites (tertiary alicyclic amines) is 1. The third-order valence-electron chi connectivity index (χ3n) is 5.73. The first-order valence-electron chi connectivity index (χ1n) is 10.9. The summed E-state index contributed by atoms with van der Waals surface area (Å²) < 4.78 is 7.25. The largest absolute Gasteiger partial charge is 0.497 e. The first kappa shape index (κ1) is 22.8. The van der Waals surface area contributed by atoms with Crippen molar-refractivity contribution in [3.63, 3.8) is 0 Å². The highest BCUT2D eigenvalue weighted by Gasteiger charge is 2.23. The predicted molar refractivity (Wildman–Crippen MR) is 129 cm³/mol. The Morgan fingerprint density at radius 1 is 1.19 bits per heavy atom. The van der Waals surface area contributed by atoms with Crippen LogP contribution in [0.2, 0.25) is 0 Å². The Morgan fingerprint density at radius 2 is 1.97 bits per heavy atom. The molecule has 2 aromatic heterocycles. The highest BCUT2D eigenvalue weighted by molar-refractivity contribution is 7.99. The van der Waals surface area contributed by atoms with Crippen molar-refractivity contribution in [2.75, 3.05) is 32.5 Å². The molecule has 7 nitrogen and oxygen atoms in total. The minimum absolute atomic E-state index is 0.00574. The summed E-state index contributed by atoms with van der Waals surface area (Å²) in [6.45, 7) is 2.71. The summed E-state index contributed by atoms with van der Waals surface area (Å²) in [5.41, 5.74) is 1.20. The SMILES string of the molecule is COc1ccc(C(CNC(=O)CSc2nnc(-c3cccs3)n2C)N2CCCCC2)cc1. The van der Waals surface area contributed by atoms with Crippen molar-refractivity contribution < 1.29 is 9.53 Å². The lowest BCUT2D eigenvalue weighted by atomic mass is 10.0. The fourth-order valence-corrected chi connectivity index (χ4v) is 5.45. The molecule has 1 unspecified atom stereocenters. The number of thiophene rings is 1. The number of carbonyl (C=O) groups is 1. The second kappa shape index (κ2) is 11.0. The van der Waals surface area contributed by atoms with Crippen LogP contribution in [0.5, 0.6) is 5.75 Å². The van der Waals surface area contributed by atoms with Gasteiger partial charge in [0.1, 0.15) is 5.75 Å². The average Bonchev–Trinajstić information content (AvgIpc) is 3.49. The van der Waals surface area contributed by atoms with E-state index in [9.17, 15) is 4.79 Å². The van der Waals surface area contributed by atoms with Gasteiger partial charge in [0.15, 0.2) is 11.0 Å². The topological polar surface area (TPSA) is 72.3 Å². The number of nitrogens with one attached hydrogen (secondary N) is 1. The fraction of sp³-hybridized carbons (Fsp3) is 0.435. The lowest BCUT2D eigenvalue weighted by molar-refractivity contribution is -0.118. The molecule has 1 aliphatic rings. The van der Waals surface area contributed by atoms with Gasteiger partial charge in [-0.25, -0.2) is 0 Å². The van der Waals surface area contributed by atoms with Crippen LogP contribution >= 0.6 is 23.1 Å². The maximum absolute atomic E-state index is 12.7. The lowest BCUT2D eigenvalue weighted by Gasteiger charge is -2.35. The number of piperidine rings is 1. The molecule has 170 valence electrons. The zero-order valence-corrected chi connectivity index (χ0v) is 20.1. The Morgan fingerprint density at radius 3 is 2.66 bits per heavy atom. The number of rotatable bonds is 9. The molecule has 4 rings (SSSR count). The summed E-state index contributed by atoms with van der Waals surface area (Å²) >= 11 is 3.04. The van der Waals surface area contributed by atoms with E-state index in [1.165, 1.54) is 36.6 Å². The Labute approximate surface area is 197 Å². The van der Waals surface area contributed by atoms with Crippen LogP contribution in [0.4, 0.5) is 0 Å². The minimum atomic E-state index is 0.00574. The predicted octanol–water partition coefficient (Wildman–Crippen LogP) is 3.99. The van der Waals surface area contributed by atoms with E-state index in [0.29, 0.717) is 12.3 Å². The van der Waals surface area contributed by atoms with E-state index in [0.717, 1.165) is 34.7 Å². The molecule has 0 bridgehead atoms. The van der Waals surface area contributed by atoms with Crippen molar-refractivity contribution in [2.45, 2.75) is 30.5 Å². The van der Waals surface area contributed by atoms with E-state index >= 15 is 0 Å². The second-order valence-corrected chi connectivity index (χ2v) is 9.71. The minimum Gasteiger partial charge on any atom is -0.497 e. The Hall–Kier alpha value is -2.36. The molecule has 9 heteroatoms. The van der Waals surface area contributed by atoms with Crippen LogP contribution < -0.4 is 10.1 Å². The molecule has 1 saturated heterocycles. The monoisotopic (exact) mass is 471 g/mol. The standard InChI is InChI=1S/C23H29N5O2S2/c1-27-22(20-7-6-14-31-20)25-26-23(27)32-16-21(29)24-15-19(28-12-4-3-5-13-28)17-8-10-18(30-2)11-9-17/h6-11,14,19H,3-5,12-13,15-16H2,1-2H3,(H,24,29). The number of amides is 1. The number of benzene rings is 1. The zero-order valence-electron chi connectivity index (χ0n) is 18.5. The number of hydrogen-bond acceptors (Lipinski definition) is 7. The smallest absolute Gasteiger partial charge is 0.230 e. The van der Waals surface area contributed by atoms with E-state index < -0.39 is 0 Å². The highest BCUT2D eigenvalue weighted by Crippen LogP contribution is 2.27. The fourth-order valence-electron chi connectivity index (χ4n) is 3.97. The number of nitrogens with zero attached hydrogens (tertiary/aromatic N) is 4. The Bertz CT molecular complexity index is 998. The van der Waals surface area contributed by atoms with E-state index in [-0.39, 0.29) is 11.9 Å². The molecule has 3 aromatic rings. The molecular weight excluding hydrogens is 442 g/mol. The third kappa shape index (κ3) is 5.51. The van der Waals surface area contributed by atoms with Crippen LogP contribution in [0.25, 0.3) is 10.7 Å². The van der Waals surface area contributed by atoms with Gasteiger partial charge in [-0.2, -0.15) is 0 Å². The maximum Gasteiger partial charge on any atom is 0.230 e. The van der Waals surface area contributed by atoms with Gasteiger partial charge >= 0.3 is 0 Å². The molecule has 0 saturated carbocycles. The molecule has 1 atom stereocenters. The van der Waals surface area contributed by atoms with Crippen LogP contribution in [0.3, 0.4) is 0 Å². The molecule has 1 aromatic carbocycles. The van der Waals surface area contributed by atoms with Gasteiger partial charge in [-0.05, 0) is 55.1 Å². The van der Waals surface area contributed by atoms with Gasteiger partial charge in [0.05, 0.1) is 23.8 Å². The number of aromatic nitrogens is 3. The van der Waals surface area contributed by atoms with Crippen molar-refractivity contribution in [3.05, 3.63) is 47.3 Å². The van der Waals surface area contributed by atoms with E-state index in [2.05, 4.69) is 32.5 Å². The van der Waals surface area contributed by atoms with Crippen molar-refractivity contribution in [3.8, 4) is 16.5 Å². The van der Waals surface area contributed by atoms with Gasteiger partial charge in [0.2, 0.25) is 5.91 Å². The molecule has 1 aliphatic heterocycles. The average molecular weight is 472 g/mol. The number of hydrogen-bond donors (Lipinski definition) is 1. The quantitative estimate of drug-likeness (QED) is 0.476. The molecule has 1 amide bonds. The normalized spacial score (nSPS) is 15.4. The molecule has 0 radical (unpaired) electrons. The van der Waals surface area contributed by atoms with Crippen molar-refractivity contribution in [1.82, 2.24) is 25.0 Å². The second-order valence-electron chi connectivity index (χ2n) is 7.82. The van der Waals surface area contributed by atoms with Crippen LogP contribution in [-0.4, -0.2) is 58.1 Å². The summed E-state index contributed by atoms with van der Waals surface area (Å²) in [5.74, 6) is 1.99. The molecule has 3 heterocycles. The highest BCUT2D eigenvalue weighted by atomic mass is 32.2. The number of thioether (sulfide) groups is 1. The summed E-state index contributed by atoms with van der Waals surface area (Å²) in [4.78, 5) is 16.2. The first-order chi connectivity index (χ1) is 15.7. The van der Waals surface area contributed by atoms with E-state index in [4.69, 9.17) is 4.74 Å². The van der Waals surface area contributed by atoms with Crippen molar-refractivity contribution in [2.24, 2.45) is 7.05 Å². The van der Waals surface area contributed by atoms with E-state index in [1.807, 2.05) is 41.3 Å². The van der Waals surface area contributed by atoms with Gasteiger partial charge in [0.25, 0.3) is 0 Å². The van der Waals surface area contributed by atoms with Gasteiger partial charge in [0, 0.05) is 13.6 Å². The Balaban J connectivity index is 1.35. The third-order valence-corrected chi connectivity index (χ3v) is 7.62. The van der Waals surface area contributed by atoms with Crippen LogP contribution in [0.1, 0.15) is 30.9 Å². The molecule has 1 fully saturated rings. The number of methoxy groups -OCH3 is 1. The maximum atomic E-state index is 12.7. The van der Waals surface area contributed by atoms with Crippen LogP contribution in [0, 0.1) is 0 Å². The van der Waals surface area contributed by atoms with Gasteiger partial charge in [-0.15, -0.1) is 21.5 Å². The first-order valence-corrected chi connectivity index (χ1v) is 12.7. The van der Waals surface area contributed by atoms with Gasteiger partial charge in [-0.1, -0.05) is 36.4 Å². The van der Waals surface area contributed by atoms with Crippen molar-refractivity contribution in [1.29, 1.82) is 0 Å². The number of carbonyl (C=O) groups excluding carboxylic acids is 1. The Kier molecular flexibility index (Phi) is 7.83. The molecular formula is C23H29N5O2S2. The zero-order chi connectivity index (χ0) is 22.3. The summed E-state index contributed by atoms with van der Waals surface area (Å²) in [5, 5.41) is 14.4. The van der Waals surface area contributed by atoms with Gasteiger partial charge in [-0.3, -0.25) is 9.69 Å². The number of ether oxygens (including phenoxy) is 1. The summed E-state index contributed by atoms with van der Waals surface area (Å²) in [7, 11) is 3.61. The van der Waals surface area contributed by atoms with Gasteiger partial charge < -0.3 is 14.6 Å². The summed E-state index contributed by atoms with van der Waals surface area (Å²) in [6, 6.07) is 12.4. The lowest BCUT2D eigenvalue weighted by Crippen LogP contribution is -2.41. The summed E-state index contributed by atoms with van der Waals surface area (Å²) in [6.07, 6.45) is 3.68. The van der Waals surface area contributed by atoms with Crippen LogP contribution in [0.15, 0.2) is 46.9 Å².